The van der Waals surface area contributed by atoms with Crippen LogP contribution in [0, 0.1) is 23.7 Å². The molecule has 3 unspecified atom stereocenters. The van der Waals surface area contributed by atoms with E-state index in [0.29, 0.717) is 44.2 Å². The van der Waals surface area contributed by atoms with Crippen molar-refractivity contribution in [3.63, 3.8) is 0 Å². The van der Waals surface area contributed by atoms with E-state index in [4.69, 9.17) is 19.3 Å². The molecule has 0 amide bonds. The van der Waals surface area contributed by atoms with Gasteiger partial charge in [-0.15, -0.1) is 0 Å². The van der Waals surface area contributed by atoms with Gasteiger partial charge in [0.05, 0.1) is 33.0 Å². The van der Waals surface area contributed by atoms with Gasteiger partial charge in [-0.25, -0.2) is 4.79 Å². The zero-order valence-electron chi connectivity index (χ0n) is 15.4. The molecule has 5 nitrogen and oxygen atoms in total. The summed E-state index contributed by atoms with van der Waals surface area (Å²) in [5.74, 6) is 2.21. The second-order valence-electron chi connectivity index (χ2n) is 6.96. The molecule has 1 aliphatic carbocycles. The first-order chi connectivity index (χ1) is 11.5. The Morgan fingerprint density at radius 3 is 2.46 bits per heavy atom. The van der Waals surface area contributed by atoms with Gasteiger partial charge in [-0.1, -0.05) is 33.3 Å². The van der Waals surface area contributed by atoms with Crippen LogP contribution < -0.4 is 0 Å². The topological polar surface area (TPSA) is 65.0 Å². The van der Waals surface area contributed by atoms with Crippen molar-refractivity contribution in [3.8, 4) is 0 Å². The smallest absolute Gasteiger partial charge is 0.330 e. The zero-order chi connectivity index (χ0) is 17.8. The molecule has 0 aliphatic heterocycles. The zero-order valence-corrected chi connectivity index (χ0v) is 15.4. The predicted molar refractivity (Wildman–Crippen MR) is 93.7 cm³/mol. The summed E-state index contributed by atoms with van der Waals surface area (Å²) in [6.07, 6.45) is 7.32. The van der Waals surface area contributed by atoms with E-state index in [1.54, 1.807) is 6.08 Å². The fraction of sp³-hybridized carbons (Fsp3) is 0.842. The summed E-state index contributed by atoms with van der Waals surface area (Å²) in [6.45, 7) is 8.63. The highest BCUT2D eigenvalue weighted by molar-refractivity contribution is 5.81. The Labute approximate surface area is 146 Å². The number of esters is 1. The maximum absolute atomic E-state index is 11.8. The van der Waals surface area contributed by atoms with Gasteiger partial charge in [0.2, 0.25) is 0 Å². The lowest BCUT2D eigenvalue weighted by atomic mass is 9.70. The molecule has 0 aromatic rings. The van der Waals surface area contributed by atoms with Gasteiger partial charge in [0, 0.05) is 6.08 Å². The van der Waals surface area contributed by atoms with E-state index in [0.717, 1.165) is 12.3 Å². The Balaban J connectivity index is 2.19. The molecular formula is C19H34O5. The molecule has 24 heavy (non-hydrogen) atoms. The minimum atomic E-state index is -0.295. The molecule has 0 spiro atoms. The summed E-state index contributed by atoms with van der Waals surface area (Å²) in [4.78, 5) is 11.8. The third-order valence-electron chi connectivity index (χ3n) is 4.63. The van der Waals surface area contributed by atoms with E-state index in [-0.39, 0.29) is 19.2 Å². The minimum absolute atomic E-state index is 0.0153. The average molecular weight is 342 g/mol. The second kappa shape index (κ2) is 12.5. The minimum Gasteiger partial charge on any atom is -0.460 e. The van der Waals surface area contributed by atoms with E-state index in [2.05, 4.69) is 20.8 Å². The Hall–Kier alpha value is -0.910. The van der Waals surface area contributed by atoms with Crippen molar-refractivity contribution in [3.05, 3.63) is 12.2 Å². The highest BCUT2D eigenvalue weighted by Crippen LogP contribution is 2.38. The van der Waals surface area contributed by atoms with Crippen LogP contribution in [-0.4, -0.2) is 50.7 Å². The normalized spacial score (nSPS) is 24.6. The summed E-state index contributed by atoms with van der Waals surface area (Å²) < 4.78 is 15.5. The van der Waals surface area contributed by atoms with Crippen LogP contribution >= 0.6 is 0 Å². The number of rotatable bonds is 11. The van der Waals surface area contributed by atoms with Crippen LogP contribution in [0.2, 0.25) is 0 Å². The number of carbonyl (C=O) groups is 1. The van der Waals surface area contributed by atoms with Gasteiger partial charge in [-0.05, 0) is 36.5 Å². The molecule has 0 saturated heterocycles. The Morgan fingerprint density at radius 1 is 1.12 bits per heavy atom. The van der Waals surface area contributed by atoms with Crippen LogP contribution in [-0.2, 0) is 19.0 Å². The largest absolute Gasteiger partial charge is 0.460 e. The summed E-state index contributed by atoms with van der Waals surface area (Å²) in [5, 5.41) is 8.54. The number of hydrogen-bond donors (Lipinski definition) is 1. The fourth-order valence-electron chi connectivity index (χ4n) is 3.34. The molecule has 1 rings (SSSR count). The molecule has 0 aromatic heterocycles. The SMILES string of the molecule is CC1CCC(C(C)C)C(C=CC(=O)OCCOCCOCCO)C1. The summed E-state index contributed by atoms with van der Waals surface area (Å²) in [7, 11) is 0. The number of aliphatic hydroxyl groups excluding tert-OH is 1. The molecule has 140 valence electrons. The second-order valence-corrected chi connectivity index (χ2v) is 6.96. The number of ether oxygens (including phenoxy) is 3. The number of aliphatic hydroxyl groups is 1. The van der Waals surface area contributed by atoms with Crippen molar-refractivity contribution in [1.29, 1.82) is 0 Å². The van der Waals surface area contributed by atoms with E-state index < -0.39 is 0 Å². The van der Waals surface area contributed by atoms with E-state index in [1.165, 1.54) is 12.8 Å². The van der Waals surface area contributed by atoms with E-state index in [1.807, 2.05) is 6.08 Å². The Kier molecular flexibility index (Phi) is 11.0. The maximum Gasteiger partial charge on any atom is 0.330 e. The van der Waals surface area contributed by atoms with Crippen LogP contribution in [0.3, 0.4) is 0 Å². The molecule has 1 saturated carbocycles. The van der Waals surface area contributed by atoms with Crippen molar-refractivity contribution in [2.75, 3.05) is 39.6 Å². The summed E-state index contributed by atoms with van der Waals surface area (Å²) in [6, 6.07) is 0. The van der Waals surface area contributed by atoms with Crippen molar-refractivity contribution < 1.29 is 24.1 Å². The monoisotopic (exact) mass is 342 g/mol. The first kappa shape index (κ1) is 21.1. The molecular weight excluding hydrogens is 308 g/mol. The van der Waals surface area contributed by atoms with Crippen molar-refractivity contribution in [2.45, 2.75) is 40.0 Å². The highest BCUT2D eigenvalue weighted by atomic mass is 16.6. The summed E-state index contributed by atoms with van der Waals surface area (Å²) >= 11 is 0. The predicted octanol–water partition coefficient (Wildman–Crippen LogP) is 2.82. The molecule has 1 fully saturated rings. The average Bonchev–Trinajstić information content (AvgIpc) is 2.55. The molecule has 0 bridgehead atoms. The standard InChI is InChI=1S/C19H34O5/c1-15(2)18-6-4-16(3)14-17(18)5-7-19(21)24-13-12-23-11-10-22-9-8-20/h5,7,15-18,20H,4,6,8-14H2,1-3H3. The van der Waals surface area contributed by atoms with Crippen molar-refractivity contribution in [1.82, 2.24) is 0 Å². The quantitative estimate of drug-likeness (QED) is 0.355. The van der Waals surface area contributed by atoms with Gasteiger partial charge >= 0.3 is 5.97 Å². The van der Waals surface area contributed by atoms with Crippen molar-refractivity contribution >= 4 is 5.97 Å². The molecule has 0 radical (unpaired) electrons. The van der Waals surface area contributed by atoms with Crippen LogP contribution in [0.25, 0.3) is 0 Å². The first-order valence-electron chi connectivity index (χ1n) is 9.15. The molecule has 1 aliphatic rings. The molecule has 1 N–H and O–H groups in total. The highest BCUT2D eigenvalue weighted by Gasteiger charge is 2.28. The number of carbonyl (C=O) groups excluding carboxylic acids is 1. The van der Waals surface area contributed by atoms with Crippen LogP contribution in [0.5, 0.6) is 0 Å². The molecule has 3 atom stereocenters. The van der Waals surface area contributed by atoms with Gasteiger partial charge in [0.25, 0.3) is 0 Å². The van der Waals surface area contributed by atoms with Gasteiger partial charge in [0.1, 0.15) is 6.61 Å². The van der Waals surface area contributed by atoms with Gasteiger partial charge in [0.15, 0.2) is 0 Å². The first-order valence-corrected chi connectivity index (χ1v) is 9.15. The van der Waals surface area contributed by atoms with Crippen LogP contribution in [0.1, 0.15) is 40.0 Å². The molecule has 0 aromatic carbocycles. The molecule has 5 heteroatoms. The van der Waals surface area contributed by atoms with Gasteiger partial charge < -0.3 is 19.3 Å². The number of allylic oxidation sites excluding steroid dienone is 1. The van der Waals surface area contributed by atoms with E-state index >= 15 is 0 Å². The fourth-order valence-corrected chi connectivity index (χ4v) is 3.34. The lowest BCUT2D eigenvalue weighted by Crippen LogP contribution is -2.26. The van der Waals surface area contributed by atoms with Crippen LogP contribution in [0.15, 0.2) is 12.2 Å². The van der Waals surface area contributed by atoms with Gasteiger partial charge in [-0.2, -0.15) is 0 Å². The van der Waals surface area contributed by atoms with E-state index in [9.17, 15) is 4.79 Å². The third-order valence-corrected chi connectivity index (χ3v) is 4.63. The molecule has 0 heterocycles. The van der Waals surface area contributed by atoms with Crippen molar-refractivity contribution in [2.24, 2.45) is 23.7 Å². The van der Waals surface area contributed by atoms with Gasteiger partial charge in [-0.3, -0.25) is 0 Å². The Bertz CT molecular complexity index is 367. The number of hydrogen-bond acceptors (Lipinski definition) is 5. The Morgan fingerprint density at radius 2 is 1.79 bits per heavy atom. The lowest BCUT2D eigenvalue weighted by molar-refractivity contribution is -0.139. The van der Waals surface area contributed by atoms with Crippen LogP contribution in [0.4, 0.5) is 0 Å². The lowest BCUT2D eigenvalue weighted by Gasteiger charge is -2.35. The summed E-state index contributed by atoms with van der Waals surface area (Å²) in [5.41, 5.74) is 0. The third kappa shape index (κ3) is 8.81. The maximum atomic E-state index is 11.8.